The number of carbonyl (C=O) groups is 2. The van der Waals surface area contributed by atoms with Crippen molar-refractivity contribution in [1.29, 1.82) is 0 Å². The third-order valence-corrected chi connectivity index (χ3v) is 4.51. The average Bonchev–Trinajstić information content (AvgIpc) is 2.60. The molecule has 2 rings (SSSR count). The fourth-order valence-electron chi connectivity index (χ4n) is 3.09. The van der Waals surface area contributed by atoms with E-state index in [1.165, 1.54) is 39.2 Å². The molecule has 0 aromatic carbocycles. The number of ether oxygens (including phenoxy) is 1. The predicted molar refractivity (Wildman–Crippen MR) is 97.2 cm³/mol. The van der Waals surface area contributed by atoms with E-state index in [2.05, 4.69) is 19.9 Å². The number of carbonyl (C=O) groups excluding carboxylic acids is 2. The number of esters is 1. The number of hydrogen-bond acceptors (Lipinski definition) is 5. The lowest BCUT2D eigenvalue weighted by atomic mass is 10.1. The van der Waals surface area contributed by atoms with Crippen molar-refractivity contribution >= 4 is 17.7 Å². The van der Waals surface area contributed by atoms with Gasteiger partial charge in [0, 0.05) is 44.2 Å². The first-order valence-electron chi connectivity index (χ1n) is 9.23. The number of pyridine rings is 1. The van der Waals surface area contributed by atoms with Crippen LogP contribution < -0.4 is 10.2 Å². The van der Waals surface area contributed by atoms with Crippen LogP contribution in [0.1, 0.15) is 56.9 Å². The largest absolute Gasteiger partial charge is 0.469 e. The third-order valence-electron chi connectivity index (χ3n) is 4.51. The molecule has 0 aliphatic carbocycles. The van der Waals surface area contributed by atoms with Gasteiger partial charge in [-0.15, -0.1) is 0 Å². The first kappa shape index (κ1) is 19.2. The summed E-state index contributed by atoms with van der Waals surface area (Å²) in [5, 5.41) is 2.94. The number of rotatable bonds is 7. The van der Waals surface area contributed by atoms with Crippen LogP contribution in [-0.2, 0) is 20.9 Å². The van der Waals surface area contributed by atoms with Gasteiger partial charge >= 0.3 is 5.97 Å². The summed E-state index contributed by atoms with van der Waals surface area (Å²) < 4.78 is 4.58. The highest BCUT2D eigenvalue weighted by molar-refractivity contribution is 5.77. The second kappa shape index (κ2) is 10.7. The van der Waals surface area contributed by atoms with Gasteiger partial charge in [-0.25, -0.2) is 4.98 Å². The summed E-state index contributed by atoms with van der Waals surface area (Å²) in [5.74, 6) is 0.657. The highest BCUT2D eigenvalue weighted by atomic mass is 16.5. The molecule has 0 unspecified atom stereocenters. The quantitative estimate of drug-likeness (QED) is 0.768. The molecule has 1 amide bonds. The minimum Gasteiger partial charge on any atom is -0.469 e. The van der Waals surface area contributed by atoms with E-state index in [9.17, 15) is 9.59 Å². The minimum atomic E-state index is -0.278. The van der Waals surface area contributed by atoms with Gasteiger partial charge < -0.3 is 15.0 Å². The summed E-state index contributed by atoms with van der Waals surface area (Å²) in [5.41, 5.74) is 1.05. The molecular weight excluding hydrogens is 318 g/mol. The molecule has 6 nitrogen and oxygen atoms in total. The third kappa shape index (κ3) is 6.72. The monoisotopic (exact) mass is 347 g/mol. The van der Waals surface area contributed by atoms with E-state index in [-0.39, 0.29) is 18.3 Å². The Kier molecular flexibility index (Phi) is 8.22. The van der Waals surface area contributed by atoms with E-state index in [0.29, 0.717) is 19.4 Å². The van der Waals surface area contributed by atoms with Crippen LogP contribution >= 0.6 is 0 Å². The Morgan fingerprint density at radius 1 is 1.16 bits per heavy atom. The summed E-state index contributed by atoms with van der Waals surface area (Å²) in [6.45, 7) is 2.52. The molecule has 0 saturated carbocycles. The van der Waals surface area contributed by atoms with Gasteiger partial charge in [0.2, 0.25) is 5.91 Å². The van der Waals surface area contributed by atoms with Crippen LogP contribution in [0.15, 0.2) is 18.3 Å². The lowest BCUT2D eigenvalue weighted by Gasteiger charge is -2.27. The van der Waals surface area contributed by atoms with Crippen molar-refractivity contribution in [1.82, 2.24) is 10.3 Å². The second-order valence-corrected chi connectivity index (χ2v) is 6.45. The SMILES string of the molecule is COC(=O)CCCC(=O)NCc1cccnc1N1CCCCCCC1. The maximum atomic E-state index is 12.0. The molecule has 1 saturated heterocycles. The Labute approximate surface area is 150 Å². The van der Waals surface area contributed by atoms with Crippen molar-refractivity contribution in [3.63, 3.8) is 0 Å². The number of methoxy groups -OCH3 is 1. The van der Waals surface area contributed by atoms with E-state index in [1.54, 1.807) is 0 Å². The van der Waals surface area contributed by atoms with Crippen LogP contribution in [0.5, 0.6) is 0 Å². The van der Waals surface area contributed by atoms with Gasteiger partial charge in [0.25, 0.3) is 0 Å². The first-order valence-corrected chi connectivity index (χ1v) is 9.23. The summed E-state index contributed by atoms with van der Waals surface area (Å²) in [6.07, 6.45) is 9.17. The number of anilines is 1. The molecule has 1 fully saturated rings. The zero-order valence-corrected chi connectivity index (χ0v) is 15.1. The van der Waals surface area contributed by atoms with Crippen LogP contribution in [0.25, 0.3) is 0 Å². The van der Waals surface area contributed by atoms with Crippen molar-refractivity contribution in [3.05, 3.63) is 23.9 Å². The van der Waals surface area contributed by atoms with Crippen LogP contribution in [0.2, 0.25) is 0 Å². The Bertz CT molecular complexity index is 555. The molecule has 138 valence electrons. The zero-order valence-electron chi connectivity index (χ0n) is 15.1. The van der Waals surface area contributed by atoms with E-state index in [4.69, 9.17) is 0 Å². The molecule has 1 aromatic heterocycles. The van der Waals surface area contributed by atoms with Gasteiger partial charge in [-0.3, -0.25) is 9.59 Å². The molecule has 25 heavy (non-hydrogen) atoms. The van der Waals surface area contributed by atoms with Gasteiger partial charge in [0.15, 0.2) is 0 Å². The zero-order chi connectivity index (χ0) is 17.9. The molecule has 1 aromatic rings. The molecular formula is C19H29N3O3. The maximum absolute atomic E-state index is 12.0. The summed E-state index contributed by atoms with van der Waals surface area (Å²) in [6, 6.07) is 3.93. The lowest BCUT2D eigenvalue weighted by Crippen LogP contribution is -2.30. The van der Waals surface area contributed by atoms with Gasteiger partial charge in [-0.2, -0.15) is 0 Å². The second-order valence-electron chi connectivity index (χ2n) is 6.45. The lowest BCUT2D eigenvalue weighted by molar-refractivity contribution is -0.140. The number of hydrogen-bond donors (Lipinski definition) is 1. The number of aromatic nitrogens is 1. The van der Waals surface area contributed by atoms with E-state index in [1.807, 2.05) is 18.3 Å². The fraction of sp³-hybridized carbons (Fsp3) is 0.632. The molecule has 1 N–H and O–H groups in total. The Morgan fingerprint density at radius 2 is 1.88 bits per heavy atom. The molecule has 2 heterocycles. The molecule has 6 heteroatoms. The Hall–Kier alpha value is -2.11. The van der Waals surface area contributed by atoms with Crippen LogP contribution in [-0.4, -0.2) is 37.1 Å². The van der Waals surface area contributed by atoms with Crippen molar-refractivity contribution in [3.8, 4) is 0 Å². The highest BCUT2D eigenvalue weighted by Crippen LogP contribution is 2.21. The predicted octanol–water partition coefficient (Wildman–Crippen LogP) is 2.81. The van der Waals surface area contributed by atoms with Crippen molar-refractivity contribution in [2.24, 2.45) is 0 Å². The molecule has 0 atom stereocenters. The number of amides is 1. The summed E-state index contributed by atoms with van der Waals surface area (Å²) >= 11 is 0. The standard InChI is InChI=1S/C19H29N3O3/c1-25-18(24)11-7-10-17(23)21-15-16-9-8-12-20-19(16)22-13-5-3-2-4-6-14-22/h8-9,12H,2-7,10-11,13-15H2,1H3,(H,21,23). The highest BCUT2D eigenvalue weighted by Gasteiger charge is 2.14. The van der Waals surface area contributed by atoms with Gasteiger partial charge in [0.1, 0.15) is 5.82 Å². The molecule has 0 bridgehead atoms. The smallest absolute Gasteiger partial charge is 0.305 e. The van der Waals surface area contributed by atoms with Gasteiger partial charge in [-0.05, 0) is 25.3 Å². The molecule has 0 spiro atoms. The van der Waals surface area contributed by atoms with Crippen molar-refractivity contribution in [2.45, 2.75) is 57.9 Å². The topological polar surface area (TPSA) is 71.5 Å². The number of nitrogens with one attached hydrogen (secondary N) is 1. The van der Waals surface area contributed by atoms with Crippen molar-refractivity contribution < 1.29 is 14.3 Å². The Morgan fingerprint density at radius 3 is 2.60 bits per heavy atom. The van der Waals surface area contributed by atoms with E-state index >= 15 is 0 Å². The first-order chi connectivity index (χ1) is 12.2. The molecule has 1 aliphatic heterocycles. The Balaban J connectivity index is 1.87. The minimum absolute atomic E-state index is 0.0497. The normalized spacial score (nSPS) is 15.2. The van der Waals surface area contributed by atoms with Gasteiger partial charge in [-0.1, -0.05) is 25.3 Å². The van der Waals surface area contributed by atoms with Crippen LogP contribution in [0, 0.1) is 0 Å². The number of nitrogens with zero attached hydrogens (tertiary/aromatic N) is 2. The van der Waals surface area contributed by atoms with Gasteiger partial charge in [0.05, 0.1) is 7.11 Å². The van der Waals surface area contributed by atoms with Crippen molar-refractivity contribution in [2.75, 3.05) is 25.1 Å². The average molecular weight is 347 g/mol. The van der Waals surface area contributed by atoms with Crippen LogP contribution in [0.4, 0.5) is 5.82 Å². The molecule has 1 aliphatic rings. The fourth-order valence-corrected chi connectivity index (χ4v) is 3.09. The summed E-state index contributed by atoms with van der Waals surface area (Å²) in [7, 11) is 1.36. The molecule has 0 radical (unpaired) electrons. The van der Waals surface area contributed by atoms with E-state index < -0.39 is 0 Å². The van der Waals surface area contributed by atoms with Crippen LogP contribution in [0.3, 0.4) is 0 Å². The maximum Gasteiger partial charge on any atom is 0.305 e. The van der Waals surface area contributed by atoms with E-state index in [0.717, 1.165) is 24.5 Å². The summed E-state index contributed by atoms with van der Waals surface area (Å²) in [4.78, 5) is 30.0.